The number of hydrogen-bond donors (Lipinski definition) is 3. The Morgan fingerprint density at radius 3 is 2.90 bits per heavy atom. The molecule has 7 nitrogen and oxygen atoms in total. The van der Waals surface area contributed by atoms with Crippen LogP contribution in [-0.2, 0) is 14.8 Å². The summed E-state index contributed by atoms with van der Waals surface area (Å²) in [7, 11) is -3.75. The van der Waals surface area contributed by atoms with E-state index in [1.54, 1.807) is 6.92 Å². The van der Waals surface area contributed by atoms with Crippen LogP contribution in [0.15, 0.2) is 23.1 Å². The summed E-state index contributed by atoms with van der Waals surface area (Å²) in [6.45, 7) is 1.41. The quantitative estimate of drug-likeness (QED) is 0.713. The molecule has 110 valence electrons. The Morgan fingerprint density at radius 1 is 1.50 bits per heavy atom. The van der Waals surface area contributed by atoms with Gasteiger partial charge in [0.2, 0.25) is 10.0 Å². The second-order valence-corrected chi connectivity index (χ2v) is 6.12. The Hall–Kier alpha value is -1.64. The Balaban J connectivity index is 2.29. The van der Waals surface area contributed by atoms with Crippen molar-refractivity contribution in [3.63, 3.8) is 0 Å². The molecule has 1 heterocycles. The fourth-order valence-electron chi connectivity index (χ4n) is 1.77. The fraction of sp³-hybridized carbons (Fsp3) is 0.417. The third-order valence-electron chi connectivity index (χ3n) is 2.93. The molecule has 0 saturated heterocycles. The van der Waals surface area contributed by atoms with Gasteiger partial charge in [-0.25, -0.2) is 13.1 Å². The van der Waals surface area contributed by atoms with Crippen molar-refractivity contribution in [3.8, 4) is 5.75 Å². The van der Waals surface area contributed by atoms with Crippen molar-refractivity contribution < 1.29 is 23.1 Å². The lowest BCUT2D eigenvalue weighted by molar-refractivity contribution is -0.118. The van der Waals surface area contributed by atoms with Gasteiger partial charge in [-0.2, -0.15) is 0 Å². The molecule has 0 fully saturated rings. The van der Waals surface area contributed by atoms with E-state index < -0.39 is 16.1 Å². The minimum atomic E-state index is -3.75. The number of benzene rings is 1. The van der Waals surface area contributed by atoms with Crippen molar-refractivity contribution in [1.29, 1.82) is 0 Å². The number of aliphatic hydroxyl groups excluding tert-OH is 1. The predicted molar refractivity (Wildman–Crippen MR) is 72.1 cm³/mol. The van der Waals surface area contributed by atoms with Crippen LogP contribution in [0.25, 0.3) is 0 Å². The van der Waals surface area contributed by atoms with E-state index in [1.165, 1.54) is 18.2 Å². The van der Waals surface area contributed by atoms with Gasteiger partial charge in [-0.3, -0.25) is 4.79 Å². The van der Waals surface area contributed by atoms with Crippen LogP contribution >= 0.6 is 0 Å². The van der Waals surface area contributed by atoms with E-state index in [0.29, 0.717) is 17.9 Å². The molecule has 0 unspecified atom stereocenters. The van der Waals surface area contributed by atoms with Crippen molar-refractivity contribution in [2.45, 2.75) is 24.3 Å². The highest BCUT2D eigenvalue weighted by Crippen LogP contribution is 2.30. The van der Waals surface area contributed by atoms with Gasteiger partial charge in [0, 0.05) is 6.04 Å². The number of anilines is 1. The lowest BCUT2D eigenvalue weighted by atomic mass is 10.2. The first-order valence-corrected chi connectivity index (χ1v) is 7.64. The average molecular weight is 300 g/mol. The molecule has 0 bridgehead atoms. The maximum absolute atomic E-state index is 12.2. The molecule has 0 spiro atoms. The maximum atomic E-state index is 12.2. The van der Waals surface area contributed by atoms with Crippen LogP contribution in [0.5, 0.6) is 5.75 Å². The van der Waals surface area contributed by atoms with Crippen LogP contribution in [0.3, 0.4) is 0 Å². The van der Waals surface area contributed by atoms with Crippen LogP contribution in [0.4, 0.5) is 5.69 Å². The normalized spacial score (nSPS) is 16.0. The SMILES string of the molecule is CC[C@@H](CO)NS(=O)(=O)c1ccc2c(c1)NC(=O)CO2. The van der Waals surface area contributed by atoms with Gasteiger partial charge in [0.1, 0.15) is 5.75 Å². The third-order valence-corrected chi connectivity index (χ3v) is 4.45. The Kier molecular flexibility index (Phi) is 4.26. The highest BCUT2D eigenvalue weighted by Gasteiger charge is 2.22. The molecule has 0 aromatic heterocycles. The maximum Gasteiger partial charge on any atom is 0.262 e. The van der Waals surface area contributed by atoms with Gasteiger partial charge >= 0.3 is 0 Å². The van der Waals surface area contributed by atoms with Crippen molar-refractivity contribution >= 4 is 21.6 Å². The van der Waals surface area contributed by atoms with Gasteiger partial charge in [0.15, 0.2) is 6.61 Å². The fourth-order valence-corrected chi connectivity index (χ4v) is 3.10. The van der Waals surface area contributed by atoms with Crippen molar-refractivity contribution in [1.82, 2.24) is 4.72 Å². The number of aliphatic hydroxyl groups is 1. The largest absolute Gasteiger partial charge is 0.482 e. The van der Waals surface area contributed by atoms with E-state index in [2.05, 4.69) is 10.0 Å². The molecule has 2 rings (SSSR count). The minimum absolute atomic E-state index is 0.00829. The minimum Gasteiger partial charge on any atom is -0.482 e. The third kappa shape index (κ3) is 3.09. The van der Waals surface area contributed by atoms with E-state index in [9.17, 15) is 13.2 Å². The Bertz CT molecular complexity index is 610. The molecular formula is C12H16N2O5S. The molecule has 1 aromatic carbocycles. The lowest BCUT2D eigenvalue weighted by Crippen LogP contribution is -2.37. The standard InChI is InChI=1S/C12H16N2O5S/c1-2-8(6-15)14-20(17,18)9-3-4-11-10(5-9)13-12(16)7-19-11/h3-5,8,14-15H,2,6-7H2,1H3,(H,13,16)/t8-/m0/s1. The molecule has 20 heavy (non-hydrogen) atoms. The molecular weight excluding hydrogens is 284 g/mol. The summed E-state index contributed by atoms with van der Waals surface area (Å²) in [6, 6.07) is 3.67. The monoisotopic (exact) mass is 300 g/mol. The molecule has 1 aliphatic rings. The number of sulfonamides is 1. The van der Waals surface area contributed by atoms with Gasteiger partial charge in [0.25, 0.3) is 5.91 Å². The molecule has 1 aromatic rings. The number of carbonyl (C=O) groups excluding carboxylic acids is 1. The zero-order chi connectivity index (χ0) is 14.8. The summed E-state index contributed by atoms with van der Waals surface area (Å²) in [5.74, 6) is 0.0968. The molecule has 0 aliphatic carbocycles. The van der Waals surface area contributed by atoms with Crippen LogP contribution < -0.4 is 14.8 Å². The lowest BCUT2D eigenvalue weighted by Gasteiger charge is -2.19. The van der Waals surface area contributed by atoms with Crippen LogP contribution in [0.2, 0.25) is 0 Å². The first-order chi connectivity index (χ1) is 9.46. The molecule has 1 atom stereocenters. The molecule has 8 heteroatoms. The topological polar surface area (TPSA) is 105 Å². The second-order valence-electron chi connectivity index (χ2n) is 4.40. The summed E-state index contributed by atoms with van der Waals surface area (Å²) >= 11 is 0. The van der Waals surface area contributed by atoms with Crippen molar-refractivity contribution in [3.05, 3.63) is 18.2 Å². The van der Waals surface area contributed by atoms with E-state index in [1.807, 2.05) is 0 Å². The predicted octanol–water partition coefficient (Wildman–Crippen LogP) is 0.0667. The number of carbonyl (C=O) groups is 1. The van der Waals surface area contributed by atoms with Gasteiger partial charge in [0.05, 0.1) is 17.2 Å². The number of nitrogens with one attached hydrogen (secondary N) is 2. The average Bonchev–Trinajstić information content (AvgIpc) is 2.43. The second kappa shape index (κ2) is 5.78. The summed E-state index contributed by atoms with van der Waals surface area (Å²) in [5, 5.41) is 11.6. The highest BCUT2D eigenvalue weighted by atomic mass is 32.2. The number of fused-ring (bicyclic) bond motifs is 1. The van der Waals surface area contributed by atoms with E-state index in [4.69, 9.17) is 9.84 Å². The number of rotatable bonds is 5. The van der Waals surface area contributed by atoms with Crippen molar-refractivity contribution in [2.75, 3.05) is 18.5 Å². The van der Waals surface area contributed by atoms with Crippen LogP contribution in [-0.4, -0.2) is 38.7 Å². The van der Waals surface area contributed by atoms with E-state index in [-0.39, 0.29) is 24.0 Å². The summed E-state index contributed by atoms with van der Waals surface area (Å²) < 4.78 is 31.9. The molecule has 3 N–H and O–H groups in total. The summed E-state index contributed by atoms with van der Waals surface area (Å²) in [6.07, 6.45) is 0.473. The Labute approximate surface area is 117 Å². The first-order valence-electron chi connectivity index (χ1n) is 6.16. The summed E-state index contributed by atoms with van der Waals surface area (Å²) in [5.41, 5.74) is 0.321. The molecule has 1 amide bonds. The highest BCUT2D eigenvalue weighted by molar-refractivity contribution is 7.89. The van der Waals surface area contributed by atoms with Crippen molar-refractivity contribution in [2.24, 2.45) is 0 Å². The number of ether oxygens (including phenoxy) is 1. The number of hydrogen-bond acceptors (Lipinski definition) is 5. The zero-order valence-corrected chi connectivity index (χ0v) is 11.7. The van der Waals surface area contributed by atoms with E-state index in [0.717, 1.165) is 0 Å². The number of amides is 1. The summed E-state index contributed by atoms with van der Waals surface area (Å²) in [4.78, 5) is 11.2. The first kappa shape index (κ1) is 14.8. The Morgan fingerprint density at radius 2 is 2.25 bits per heavy atom. The van der Waals surface area contributed by atoms with Crippen LogP contribution in [0.1, 0.15) is 13.3 Å². The molecule has 0 radical (unpaired) electrons. The van der Waals surface area contributed by atoms with Gasteiger partial charge in [-0.1, -0.05) is 6.92 Å². The van der Waals surface area contributed by atoms with Gasteiger partial charge < -0.3 is 15.2 Å². The van der Waals surface area contributed by atoms with Gasteiger partial charge in [-0.05, 0) is 24.6 Å². The zero-order valence-electron chi connectivity index (χ0n) is 10.9. The van der Waals surface area contributed by atoms with E-state index >= 15 is 0 Å². The van der Waals surface area contributed by atoms with Gasteiger partial charge in [-0.15, -0.1) is 0 Å². The molecule has 0 saturated carbocycles. The molecule has 1 aliphatic heterocycles. The smallest absolute Gasteiger partial charge is 0.262 e. The van der Waals surface area contributed by atoms with Crippen LogP contribution in [0, 0.1) is 0 Å².